The lowest BCUT2D eigenvalue weighted by atomic mass is 10.1. The van der Waals surface area contributed by atoms with Crippen LogP contribution >= 0.6 is 23.8 Å². The SMILES string of the molecule is Cc1c(Cl)cccc1NC(=S)NC(=O)COc1cccc2ccccc12. The number of halogens is 1. The Balaban J connectivity index is 1.58. The normalized spacial score (nSPS) is 10.4. The number of rotatable bonds is 4. The summed E-state index contributed by atoms with van der Waals surface area (Å²) in [6.07, 6.45) is 0. The third-order valence-corrected chi connectivity index (χ3v) is 4.49. The molecule has 3 rings (SSSR count). The number of thiocarbonyl (C=S) groups is 1. The third kappa shape index (κ3) is 4.31. The smallest absolute Gasteiger partial charge is 0.264 e. The monoisotopic (exact) mass is 384 g/mol. The number of hydrogen-bond donors (Lipinski definition) is 2. The van der Waals surface area contributed by atoms with Crippen molar-refractivity contribution < 1.29 is 9.53 Å². The molecule has 0 fully saturated rings. The Labute approximate surface area is 162 Å². The maximum atomic E-state index is 12.1. The van der Waals surface area contributed by atoms with E-state index in [-0.39, 0.29) is 17.6 Å². The van der Waals surface area contributed by atoms with Gasteiger partial charge in [0.05, 0.1) is 0 Å². The molecule has 3 aromatic carbocycles. The van der Waals surface area contributed by atoms with Crippen LogP contribution < -0.4 is 15.4 Å². The molecule has 2 N–H and O–H groups in total. The number of amides is 1. The van der Waals surface area contributed by atoms with Crippen LogP contribution in [0.25, 0.3) is 10.8 Å². The maximum absolute atomic E-state index is 12.1. The molecule has 0 aliphatic heterocycles. The zero-order chi connectivity index (χ0) is 18.5. The first kappa shape index (κ1) is 18.2. The molecule has 0 heterocycles. The van der Waals surface area contributed by atoms with Gasteiger partial charge in [0.15, 0.2) is 11.7 Å². The molecule has 0 aromatic heterocycles. The van der Waals surface area contributed by atoms with Gasteiger partial charge in [-0.25, -0.2) is 0 Å². The summed E-state index contributed by atoms with van der Waals surface area (Å²) in [5.74, 6) is 0.318. The summed E-state index contributed by atoms with van der Waals surface area (Å²) in [5.41, 5.74) is 1.61. The van der Waals surface area contributed by atoms with E-state index >= 15 is 0 Å². The Bertz CT molecular complexity index is 970. The number of carbonyl (C=O) groups is 1. The van der Waals surface area contributed by atoms with E-state index in [1.807, 2.05) is 61.5 Å². The minimum absolute atomic E-state index is 0.135. The van der Waals surface area contributed by atoms with Gasteiger partial charge in [-0.05, 0) is 48.3 Å². The van der Waals surface area contributed by atoms with Crippen molar-refractivity contribution in [1.29, 1.82) is 0 Å². The van der Waals surface area contributed by atoms with Crippen LogP contribution in [0.5, 0.6) is 5.75 Å². The summed E-state index contributed by atoms with van der Waals surface area (Å²) in [5, 5.41) is 8.41. The van der Waals surface area contributed by atoms with Crippen LogP contribution in [0.4, 0.5) is 5.69 Å². The molecule has 0 radical (unpaired) electrons. The molecule has 0 aliphatic carbocycles. The van der Waals surface area contributed by atoms with Crippen molar-refractivity contribution in [1.82, 2.24) is 5.32 Å². The highest BCUT2D eigenvalue weighted by molar-refractivity contribution is 7.80. The van der Waals surface area contributed by atoms with Gasteiger partial charge < -0.3 is 10.1 Å². The lowest BCUT2D eigenvalue weighted by Gasteiger charge is -2.13. The number of ether oxygens (including phenoxy) is 1. The standard InChI is InChI=1S/C20H17ClN2O2S/c1-13-16(21)9-5-10-17(13)22-20(26)23-19(24)12-25-18-11-4-7-14-6-2-3-8-15(14)18/h2-11H,12H2,1H3,(H2,22,23,24,26). The van der Waals surface area contributed by atoms with Crippen molar-refractivity contribution in [2.24, 2.45) is 0 Å². The molecule has 0 saturated heterocycles. The molecule has 4 nitrogen and oxygen atoms in total. The van der Waals surface area contributed by atoms with Crippen LogP contribution in [0.15, 0.2) is 60.7 Å². The molecule has 1 amide bonds. The summed E-state index contributed by atoms with van der Waals surface area (Å²) >= 11 is 11.3. The van der Waals surface area contributed by atoms with Gasteiger partial charge in [-0.15, -0.1) is 0 Å². The molecule has 0 atom stereocenters. The van der Waals surface area contributed by atoms with Gasteiger partial charge in [0.25, 0.3) is 5.91 Å². The molecule has 0 unspecified atom stereocenters. The first-order chi connectivity index (χ1) is 12.5. The Morgan fingerprint density at radius 2 is 1.81 bits per heavy atom. The highest BCUT2D eigenvalue weighted by atomic mass is 35.5. The molecular weight excluding hydrogens is 368 g/mol. The molecule has 0 aliphatic rings. The van der Waals surface area contributed by atoms with Gasteiger partial charge in [0.1, 0.15) is 5.75 Å². The third-order valence-electron chi connectivity index (χ3n) is 3.88. The van der Waals surface area contributed by atoms with E-state index in [9.17, 15) is 4.79 Å². The quantitative estimate of drug-likeness (QED) is 0.640. The second kappa shape index (κ2) is 8.17. The molecule has 0 spiro atoms. The van der Waals surface area contributed by atoms with E-state index in [2.05, 4.69) is 10.6 Å². The second-order valence-electron chi connectivity index (χ2n) is 5.68. The lowest BCUT2D eigenvalue weighted by Crippen LogP contribution is -2.37. The highest BCUT2D eigenvalue weighted by Gasteiger charge is 2.09. The fourth-order valence-corrected chi connectivity index (χ4v) is 2.92. The van der Waals surface area contributed by atoms with Crippen molar-refractivity contribution in [3.05, 3.63) is 71.2 Å². The van der Waals surface area contributed by atoms with Crippen molar-refractivity contribution in [3.63, 3.8) is 0 Å². The predicted octanol–water partition coefficient (Wildman–Crippen LogP) is 4.69. The Kier molecular flexibility index (Phi) is 5.71. The van der Waals surface area contributed by atoms with Crippen molar-refractivity contribution >= 4 is 51.3 Å². The van der Waals surface area contributed by atoms with Crippen LogP contribution in [-0.2, 0) is 4.79 Å². The van der Waals surface area contributed by atoms with Crippen LogP contribution in [-0.4, -0.2) is 17.6 Å². The number of carbonyl (C=O) groups excluding carboxylic acids is 1. The maximum Gasteiger partial charge on any atom is 0.264 e. The number of benzene rings is 3. The Morgan fingerprint density at radius 3 is 2.65 bits per heavy atom. The van der Waals surface area contributed by atoms with Gasteiger partial charge in [-0.3, -0.25) is 10.1 Å². The van der Waals surface area contributed by atoms with E-state index in [1.165, 1.54) is 0 Å². The highest BCUT2D eigenvalue weighted by Crippen LogP contribution is 2.25. The Hall–Kier alpha value is -2.63. The largest absolute Gasteiger partial charge is 0.483 e. The van der Waals surface area contributed by atoms with Crippen LogP contribution in [0.3, 0.4) is 0 Å². The first-order valence-electron chi connectivity index (χ1n) is 8.01. The van der Waals surface area contributed by atoms with Crippen molar-refractivity contribution in [2.45, 2.75) is 6.92 Å². The average Bonchev–Trinajstić information content (AvgIpc) is 2.63. The van der Waals surface area contributed by atoms with Gasteiger partial charge in [0.2, 0.25) is 0 Å². The van der Waals surface area contributed by atoms with Crippen LogP contribution in [0.1, 0.15) is 5.56 Å². The fourth-order valence-electron chi connectivity index (χ4n) is 2.52. The number of fused-ring (bicyclic) bond motifs is 1. The molecule has 3 aromatic rings. The molecule has 0 bridgehead atoms. The lowest BCUT2D eigenvalue weighted by molar-refractivity contribution is -0.121. The molecular formula is C20H17ClN2O2S. The average molecular weight is 385 g/mol. The molecule has 26 heavy (non-hydrogen) atoms. The fraction of sp³-hybridized carbons (Fsp3) is 0.100. The predicted molar refractivity (Wildman–Crippen MR) is 110 cm³/mol. The summed E-state index contributed by atoms with van der Waals surface area (Å²) in [7, 11) is 0. The van der Waals surface area contributed by atoms with E-state index in [0.717, 1.165) is 22.0 Å². The summed E-state index contributed by atoms with van der Waals surface area (Å²) < 4.78 is 5.65. The minimum atomic E-state index is -0.338. The minimum Gasteiger partial charge on any atom is -0.483 e. The molecule has 6 heteroatoms. The van der Waals surface area contributed by atoms with E-state index in [1.54, 1.807) is 6.07 Å². The number of nitrogens with one attached hydrogen (secondary N) is 2. The summed E-state index contributed by atoms with van der Waals surface area (Å²) in [4.78, 5) is 12.1. The second-order valence-corrected chi connectivity index (χ2v) is 6.50. The topological polar surface area (TPSA) is 50.4 Å². The zero-order valence-corrected chi connectivity index (χ0v) is 15.7. The van der Waals surface area contributed by atoms with E-state index < -0.39 is 0 Å². The molecule has 132 valence electrons. The van der Waals surface area contributed by atoms with E-state index in [0.29, 0.717) is 10.8 Å². The van der Waals surface area contributed by atoms with Gasteiger partial charge in [0, 0.05) is 16.1 Å². The van der Waals surface area contributed by atoms with Crippen molar-refractivity contribution in [3.8, 4) is 5.75 Å². The van der Waals surface area contributed by atoms with E-state index in [4.69, 9.17) is 28.6 Å². The van der Waals surface area contributed by atoms with Crippen LogP contribution in [0, 0.1) is 6.92 Å². The first-order valence-corrected chi connectivity index (χ1v) is 8.80. The molecule has 0 saturated carbocycles. The summed E-state index contributed by atoms with van der Waals surface area (Å²) in [6, 6.07) is 19.0. The zero-order valence-electron chi connectivity index (χ0n) is 14.1. The van der Waals surface area contributed by atoms with Gasteiger partial charge >= 0.3 is 0 Å². The number of anilines is 1. The summed E-state index contributed by atoms with van der Waals surface area (Å²) in [6.45, 7) is 1.74. The van der Waals surface area contributed by atoms with Gasteiger partial charge in [-0.2, -0.15) is 0 Å². The van der Waals surface area contributed by atoms with Crippen molar-refractivity contribution in [2.75, 3.05) is 11.9 Å². The van der Waals surface area contributed by atoms with Gasteiger partial charge in [-0.1, -0.05) is 54.1 Å². The number of hydrogen-bond acceptors (Lipinski definition) is 3. The van der Waals surface area contributed by atoms with Crippen LogP contribution in [0.2, 0.25) is 5.02 Å². The Morgan fingerprint density at radius 1 is 1.08 bits per heavy atom.